The number of alkyl halides is 2. The van der Waals surface area contributed by atoms with Crippen molar-refractivity contribution in [3.05, 3.63) is 35.9 Å². The molecule has 0 unspecified atom stereocenters. The number of nitrogens with one attached hydrogen (secondary N) is 3. The molecule has 0 saturated carbocycles. The van der Waals surface area contributed by atoms with Gasteiger partial charge in [-0.3, -0.25) is 34.2 Å². The molecular formula is C25H34F2N4O5. The molecule has 3 N–H and O–H groups in total. The summed E-state index contributed by atoms with van der Waals surface area (Å²) in [6.45, 7) is 5.84. The summed E-state index contributed by atoms with van der Waals surface area (Å²) >= 11 is 0. The molecule has 1 heterocycles. The first-order valence-electron chi connectivity index (χ1n) is 12.0. The maximum atomic E-state index is 15.0. The number of amides is 4. The van der Waals surface area contributed by atoms with E-state index in [-0.39, 0.29) is 19.5 Å². The van der Waals surface area contributed by atoms with E-state index >= 15 is 0 Å². The molecule has 1 aromatic carbocycles. The molecule has 0 radical (unpaired) electrons. The molecule has 0 spiro atoms. The Hall–Kier alpha value is -3.21. The highest BCUT2D eigenvalue weighted by atomic mass is 19.3. The Morgan fingerprint density at radius 1 is 1.08 bits per heavy atom. The Labute approximate surface area is 209 Å². The fraction of sp³-hybridized carbons (Fsp3) is 0.560. The quantitative estimate of drug-likeness (QED) is 0.386. The van der Waals surface area contributed by atoms with Crippen LogP contribution < -0.4 is 16.0 Å². The van der Waals surface area contributed by atoms with Gasteiger partial charge in [-0.1, -0.05) is 44.2 Å². The second-order valence-corrected chi connectivity index (χ2v) is 9.29. The molecule has 1 aliphatic heterocycles. The lowest BCUT2D eigenvalue weighted by Gasteiger charge is -2.35. The van der Waals surface area contributed by atoms with Gasteiger partial charge in [-0.05, 0) is 44.2 Å². The first-order valence-corrected chi connectivity index (χ1v) is 12.0. The van der Waals surface area contributed by atoms with Gasteiger partial charge in [-0.15, -0.1) is 0 Å². The predicted molar refractivity (Wildman–Crippen MR) is 128 cm³/mol. The molecule has 1 aromatic rings. The summed E-state index contributed by atoms with van der Waals surface area (Å²) in [5, 5.41) is 6.67. The smallest absolute Gasteiger partial charge is 0.350 e. The monoisotopic (exact) mass is 508 g/mol. The molecule has 36 heavy (non-hydrogen) atoms. The summed E-state index contributed by atoms with van der Waals surface area (Å²) in [5.74, 6) is -10.2. The summed E-state index contributed by atoms with van der Waals surface area (Å²) < 4.78 is 30.0. The van der Waals surface area contributed by atoms with Crippen molar-refractivity contribution >= 4 is 29.4 Å². The third-order valence-corrected chi connectivity index (χ3v) is 6.05. The summed E-state index contributed by atoms with van der Waals surface area (Å²) in [6.07, 6.45) is 1.02. The number of Topliss-reactive ketones (excluding diaryl/α,β-unsaturated/α-hetero) is 1. The van der Waals surface area contributed by atoms with Gasteiger partial charge in [0.15, 0.2) is 0 Å². The fourth-order valence-electron chi connectivity index (χ4n) is 4.30. The minimum absolute atomic E-state index is 0.0681. The van der Waals surface area contributed by atoms with E-state index < -0.39 is 59.4 Å². The van der Waals surface area contributed by atoms with E-state index in [9.17, 15) is 32.8 Å². The van der Waals surface area contributed by atoms with E-state index in [0.29, 0.717) is 12.8 Å². The molecule has 1 saturated heterocycles. The molecule has 2 rings (SSSR count). The van der Waals surface area contributed by atoms with Gasteiger partial charge in [0.25, 0.3) is 5.91 Å². The van der Waals surface area contributed by atoms with Gasteiger partial charge >= 0.3 is 5.92 Å². The standard InChI is InChI=1S/C25H34F2N4O5/c1-15(2)20(21(33)25(26,27)24(36)28-13-12-18-9-6-5-7-10-18)31-14-8-11-19(31)23(35)30-22(34)16(3)29-17(4)32/h5-7,9-10,15-16,19-20H,8,11-14H2,1-4H3,(H,28,36)(H,29,32)(H,30,34,35)/t16-,19-,20-/m0/s1. The molecule has 11 heteroatoms. The molecule has 4 amide bonds. The topological polar surface area (TPSA) is 125 Å². The van der Waals surface area contributed by atoms with Crippen molar-refractivity contribution in [3.63, 3.8) is 0 Å². The van der Waals surface area contributed by atoms with Crippen molar-refractivity contribution in [1.82, 2.24) is 20.9 Å². The average Bonchev–Trinajstić information content (AvgIpc) is 3.28. The van der Waals surface area contributed by atoms with E-state index in [4.69, 9.17) is 0 Å². The predicted octanol–water partition coefficient (Wildman–Crippen LogP) is 1.21. The van der Waals surface area contributed by atoms with Crippen molar-refractivity contribution in [3.8, 4) is 0 Å². The van der Waals surface area contributed by atoms with Gasteiger partial charge < -0.3 is 10.6 Å². The largest absolute Gasteiger partial charge is 0.383 e. The summed E-state index contributed by atoms with van der Waals surface area (Å²) in [5.41, 5.74) is 0.848. The molecule has 0 aromatic heterocycles. The SMILES string of the molecule is CC(=O)N[C@@H](C)C(=O)NC(=O)[C@@H]1CCCN1[C@H](C(=O)C(F)(F)C(=O)NCCc1ccccc1)C(C)C. The first-order chi connectivity index (χ1) is 16.9. The van der Waals surface area contributed by atoms with E-state index in [2.05, 4.69) is 16.0 Å². The number of likely N-dealkylation sites (tertiary alicyclic amines) is 1. The lowest BCUT2D eigenvalue weighted by Crippen LogP contribution is -2.60. The maximum Gasteiger partial charge on any atom is 0.383 e. The van der Waals surface area contributed by atoms with Crippen molar-refractivity contribution in [2.24, 2.45) is 5.92 Å². The lowest BCUT2D eigenvalue weighted by molar-refractivity contribution is -0.163. The normalized spacial score (nSPS) is 17.8. The van der Waals surface area contributed by atoms with Crippen LogP contribution in [0.3, 0.4) is 0 Å². The molecule has 1 aliphatic rings. The van der Waals surface area contributed by atoms with Gasteiger partial charge in [-0.25, -0.2) is 0 Å². The molecule has 198 valence electrons. The number of benzene rings is 1. The van der Waals surface area contributed by atoms with Gasteiger partial charge in [0.2, 0.25) is 23.5 Å². The highest BCUT2D eigenvalue weighted by Crippen LogP contribution is 2.29. The lowest BCUT2D eigenvalue weighted by atomic mass is 9.93. The van der Waals surface area contributed by atoms with E-state index in [0.717, 1.165) is 5.56 Å². The van der Waals surface area contributed by atoms with Crippen LogP contribution in [0.4, 0.5) is 8.78 Å². The van der Waals surface area contributed by atoms with Crippen LogP contribution in [0, 0.1) is 5.92 Å². The van der Waals surface area contributed by atoms with Crippen molar-refractivity contribution in [2.45, 2.75) is 71.0 Å². The molecule has 1 fully saturated rings. The van der Waals surface area contributed by atoms with E-state index in [1.165, 1.54) is 18.7 Å². The van der Waals surface area contributed by atoms with Gasteiger partial charge in [0.1, 0.15) is 6.04 Å². The van der Waals surface area contributed by atoms with Crippen LogP contribution in [0.2, 0.25) is 0 Å². The number of ketones is 1. The summed E-state index contributed by atoms with van der Waals surface area (Å²) in [4.78, 5) is 62.8. The van der Waals surface area contributed by atoms with Gasteiger partial charge in [-0.2, -0.15) is 8.78 Å². The number of rotatable bonds is 11. The minimum atomic E-state index is -4.30. The summed E-state index contributed by atoms with van der Waals surface area (Å²) in [6, 6.07) is 5.58. The molecule has 0 bridgehead atoms. The molecular weight excluding hydrogens is 474 g/mol. The average molecular weight is 509 g/mol. The molecule has 0 aliphatic carbocycles. The number of hydrogen-bond acceptors (Lipinski definition) is 6. The van der Waals surface area contributed by atoms with Crippen LogP contribution in [0.15, 0.2) is 30.3 Å². The number of nitrogens with zero attached hydrogens (tertiary/aromatic N) is 1. The van der Waals surface area contributed by atoms with Crippen LogP contribution in [-0.2, 0) is 30.4 Å². The van der Waals surface area contributed by atoms with E-state index in [1.807, 2.05) is 6.07 Å². The summed E-state index contributed by atoms with van der Waals surface area (Å²) in [7, 11) is 0. The maximum absolute atomic E-state index is 15.0. The Balaban J connectivity index is 2.09. The number of carbonyl (C=O) groups excluding carboxylic acids is 5. The number of hydrogen-bond donors (Lipinski definition) is 3. The fourth-order valence-corrected chi connectivity index (χ4v) is 4.30. The third-order valence-electron chi connectivity index (χ3n) is 6.05. The highest BCUT2D eigenvalue weighted by Gasteiger charge is 2.54. The van der Waals surface area contributed by atoms with Gasteiger partial charge in [0, 0.05) is 13.5 Å². The minimum Gasteiger partial charge on any atom is -0.350 e. The number of halogens is 2. The van der Waals surface area contributed by atoms with Crippen LogP contribution >= 0.6 is 0 Å². The Morgan fingerprint density at radius 2 is 1.72 bits per heavy atom. The number of carbonyl (C=O) groups is 5. The van der Waals surface area contributed by atoms with Crippen LogP contribution in [-0.4, -0.2) is 71.4 Å². The zero-order chi connectivity index (χ0) is 27.0. The third kappa shape index (κ3) is 7.39. The van der Waals surface area contributed by atoms with Crippen molar-refractivity contribution < 1.29 is 32.8 Å². The van der Waals surface area contributed by atoms with Crippen LogP contribution in [0.1, 0.15) is 46.1 Å². The zero-order valence-corrected chi connectivity index (χ0v) is 21.0. The van der Waals surface area contributed by atoms with Crippen molar-refractivity contribution in [1.29, 1.82) is 0 Å². The number of imide groups is 1. The van der Waals surface area contributed by atoms with Gasteiger partial charge in [0.05, 0.1) is 12.1 Å². The van der Waals surface area contributed by atoms with E-state index in [1.54, 1.807) is 38.1 Å². The Kier molecular flexibility index (Phi) is 10.2. The molecule has 3 atom stereocenters. The second kappa shape index (κ2) is 12.7. The molecule has 9 nitrogen and oxygen atoms in total. The Bertz CT molecular complexity index is 970. The van der Waals surface area contributed by atoms with Crippen molar-refractivity contribution in [2.75, 3.05) is 13.1 Å². The van der Waals surface area contributed by atoms with Crippen LogP contribution in [0.5, 0.6) is 0 Å². The Morgan fingerprint density at radius 3 is 2.31 bits per heavy atom. The first kappa shape index (κ1) is 29.0. The van der Waals surface area contributed by atoms with Crippen LogP contribution in [0.25, 0.3) is 0 Å². The second-order valence-electron chi connectivity index (χ2n) is 9.29. The highest BCUT2D eigenvalue weighted by molar-refractivity contribution is 6.10. The zero-order valence-electron chi connectivity index (χ0n) is 21.0.